The number of anilines is 1. The van der Waals surface area contributed by atoms with Gasteiger partial charge in [-0.15, -0.1) is 0 Å². The highest BCUT2D eigenvalue weighted by atomic mass is 16.3. The molecule has 2 heteroatoms. The standard InChI is InChI=1S/C12H13NO/c1-8-2-4-10-5-3-9(7-14)6-11(10)12(8)13/h2-6,14H,7,13H2,1H3. The zero-order valence-electron chi connectivity index (χ0n) is 8.12. The maximum atomic E-state index is 9.02. The Morgan fingerprint density at radius 2 is 1.93 bits per heavy atom. The summed E-state index contributed by atoms with van der Waals surface area (Å²) in [6, 6.07) is 9.89. The highest BCUT2D eigenvalue weighted by molar-refractivity contribution is 5.94. The van der Waals surface area contributed by atoms with Crippen LogP contribution in [-0.4, -0.2) is 5.11 Å². The van der Waals surface area contributed by atoms with Crippen molar-refractivity contribution in [1.82, 2.24) is 0 Å². The predicted molar refractivity (Wildman–Crippen MR) is 59.0 cm³/mol. The van der Waals surface area contributed by atoms with Crippen molar-refractivity contribution in [2.75, 3.05) is 5.73 Å². The lowest BCUT2D eigenvalue weighted by atomic mass is 10.0. The van der Waals surface area contributed by atoms with Crippen molar-refractivity contribution in [3.8, 4) is 0 Å². The van der Waals surface area contributed by atoms with Crippen LogP contribution < -0.4 is 5.73 Å². The van der Waals surface area contributed by atoms with Gasteiger partial charge in [0.2, 0.25) is 0 Å². The third kappa shape index (κ3) is 1.34. The van der Waals surface area contributed by atoms with Crippen LogP contribution in [0.15, 0.2) is 30.3 Å². The van der Waals surface area contributed by atoms with Crippen LogP contribution in [0.4, 0.5) is 5.69 Å². The van der Waals surface area contributed by atoms with Crippen molar-refractivity contribution in [3.05, 3.63) is 41.5 Å². The molecular weight excluding hydrogens is 174 g/mol. The summed E-state index contributed by atoms with van der Waals surface area (Å²) >= 11 is 0. The minimum atomic E-state index is 0.0589. The number of rotatable bonds is 1. The Morgan fingerprint density at radius 3 is 2.64 bits per heavy atom. The Morgan fingerprint density at radius 1 is 1.21 bits per heavy atom. The number of aliphatic hydroxyl groups is 1. The van der Waals surface area contributed by atoms with Crippen molar-refractivity contribution in [2.45, 2.75) is 13.5 Å². The summed E-state index contributed by atoms with van der Waals surface area (Å²) in [6.07, 6.45) is 0. The van der Waals surface area contributed by atoms with Crippen molar-refractivity contribution >= 4 is 16.5 Å². The number of fused-ring (bicyclic) bond motifs is 1. The summed E-state index contributed by atoms with van der Waals surface area (Å²) in [7, 11) is 0. The molecule has 0 unspecified atom stereocenters. The Kier molecular flexibility index (Phi) is 2.14. The first kappa shape index (κ1) is 9.03. The summed E-state index contributed by atoms with van der Waals surface area (Å²) < 4.78 is 0. The fraction of sp³-hybridized carbons (Fsp3) is 0.167. The maximum Gasteiger partial charge on any atom is 0.0682 e. The molecule has 2 aromatic carbocycles. The van der Waals surface area contributed by atoms with Crippen molar-refractivity contribution in [1.29, 1.82) is 0 Å². The smallest absolute Gasteiger partial charge is 0.0682 e. The summed E-state index contributed by atoms with van der Waals surface area (Å²) in [5.41, 5.74) is 8.74. The summed E-state index contributed by atoms with van der Waals surface area (Å²) in [5.74, 6) is 0. The van der Waals surface area contributed by atoms with Gasteiger partial charge < -0.3 is 10.8 Å². The van der Waals surface area contributed by atoms with Crippen LogP contribution in [0.3, 0.4) is 0 Å². The number of aryl methyl sites for hydroxylation is 1. The van der Waals surface area contributed by atoms with E-state index in [2.05, 4.69) is 0 Å². The first-order valence-electron chi connectivity index (χ1n) is 4.61. The maximum absolute atomic E-state index is 9.02. The molecule has 0 bridgehead atoms. The summed E-state index contributed by atoms with van der Waals surface area (Å²) in [5, 5.41) is 11.2. The molecule has 2 aromatic rings. The molecule has 0 heterocycles. The average molecular weight is 187 g/mol. The third-order valence-corrected chi connectivity index (χ3v) is 2.53. The minimum Gasteiger partial charge on any atom is -0.398 e. The van der Waals surface area contributed by atoms with Crippen molar-refractivity contribution < 1.29 is 5.11 Å². The quantitative estimate of drug-likeness (QED) is 0.672. The van der Waals surface area contributed by atoms with Gasteiger partial charge in [-0.2, -0.15) is 0 Å². The van der Waals surface area contributed by atoms with Gasteiger partial charge in [-0.25, -0.2) is 0 Å². The Balaban J connectivity index is 2.78. The van der Waals surface area contributed by atoms with E-state index in [0.29, 0.717) is 0 Å². The van der Waals surface area contributed by atoms with Crippen molar-refractivity contribution in [2.24, 2.45) is 0 Å². The van der Waals surface area contributed by atoms with E-state index in [9.17, 15) is 0 Å². The first-order valence-corrected chi connectivity index (χ1v) is 4.61. The largest absolute Gasteiger partial charge is 0.398 e. The highest BCUT2D eigenvalue weighted by Crippen LogP contribution is 2.25. The SMILES string of the molecule is Cc1ccc2ccc(CO)cc2c1N. The van der Waals surface area contributed by atoms with E-state index < -0.39 is 0 Å². The number of benzene rings is 2. The molecule has 0 atom stereocenters. The molecular formula is C12H13NO. The second kappa shape index (κ2) is 3.31. The monoisotopic (exact) mass is 187 g/mol. The van der Waals surface area contributed by atoms with Gasteiger partial charge in [0.25, 0.3) is 0 Å². The zero-order valence-corrected chi connectivity index (χ0v) is 8.12. The van der Waals surface area contributed by atoms with E-state index in [1.165, 1.54) is 0 Å². The molecule has 0 spiro atoms. The van der Waals surface area contributed by atoms with Gasteiger partial charge in [0.15, 0.2) is 0 Å². The number of nitrogens with two attached hydrogens (primary N) is 1. The molecule has 72 valence electrons. The Bertz CT molecular complexity index is 477. The zero-order chi connectivity index (χ0) is 10.1. The lowest BCUT2D eigenvalue weighted by Crippen LogP contribution is -1.92. The molecule has 14 heavy (non-hydrogen) atoms. The van der Waals surface area contributed by atoms with Crippen LogP contribution >= 0.6 is 0 Å². The van der Waals surface area contributed by atoms with Gasteiger partial charge in [-0.05, 0) is 29.5 Å². The number of nitrogen functional groups attached to an aromatic ring is 1. The molecule has 0 aliphatic carbocycles. The van der Waals surface area contributed by atoms with Gasteiger partial charge in [-0.3, -0.25) is 0 Å². The number of hydrogen-bond acceptors (Lipinski definition) is 2. The van der Waals surface area contributed by atoms with Gasteiger partial charge in [0.1, 0.15) is 0 Å². The second-order valence-electron chi connectivity index (χ2n) is 3.51. The van der Waals surface area contributed by atoms with E-state index in [1.807, 2.05) is 37.3 Å². The van der Waals surface area contributed by atoms with Gasteiger partial charge in [-0.1, -0.05) is 24.3 Å². The van der Waals surface area contributed by atoms with E-state index in [4.69, 9.17) is 10.8 Å². The summed E-state index contributed by atoms with van der Waals surface area (Å²) in [6.45, 7) is 2.05. The van der Waals surface area contributed by atoms with Crippen LogP contribution in [0.1, 0.15) is 11.1 Å². The van der Waals surface area contributed by atoms with E-state index in [-0.39, 0.29) is 6.61 Å². The lowest BCUT2D eigenvalue weighted by molar-refractivity contribution is 0.282. The molecule has 0 radical (unpaired) electrons. The fourth-order valence-corrected chi connectivity index (χ4v) is 1.60. The van der Waals surface area contributed by atoms with Crippen LogP contribution in [0, 0.1) is 6.92 Å². The third-order valence-electron chi connectivity index (χ3n) is 2.53. The molecule has 0 fully saturated rings. The highest BCUT2D eigenvalue weighted by Gasteiger charge is 2.01. The van der Waals surface area contributed by atoms with E-state index in [0.717, 1.165) is 27.6 Å². The molecule has 0 saturated carbocycles. The number of aliphatic hydroxyl groups excluding tert-OH is 1. The lowest BCUT2D eigenvalue weighted by Gasteiger charge is -2.06. The Hall–Kier alpha value is -1.54. The number of hydrogen-bond donors (Lipinski definition) is 2. The van der Waals surface area contributed by atoms with Crippen LogP contribution in [0.2, 0.25) is 0 Å². The molecule has 0 saturated heterocycles. The average Bonchev–Trinajstić information content (AvgIpc) is 2.23. The van der Waals surface area contributed by atoms with E-state index >= 15 is 0 Å². The van der Waals surface area contributed by atoms with Gasteiger partial charge in [0.05, 0.1) is 6.61 Å². The van der Waals surface area contributed by atoms with Gasteiger partial charge >= 0.3 is 0 Å². The van der Waals surface area contributed by atoms with Crippen molar-refractivity contribution in [3.63, 3.8) is 0 Å². The Labute approximate surface area is 83.0 Å². The topological polar surface area (TPSA) is 46.2 Å². The molecule has 3 N–H and O–H groups in total. The van der Waals surface area contributed by atoms with Crippen LogP contribution in [0.25, 0.3) is 10.8 Å². The second-order valence-corrected chi connectivity index (χ2v) is 3.51. The van der Waals surface area contributed by atoms with Crippen LogP contribution in [-0.2, 0) is 6.61 Å². The molecule has 2 nitrogen and oxygen atoms in total. The molecule has 2 rings (SSSR count). The van der Waals surface area contributed by atoms with Gasteiger partial charge in [0, 0.05) is 11.1 Å². The normalized spacial score (nSPS) is 10.7. The molecule has 0 aromatic heterocycles. The fourth-order valence-electron chi connectivity index (χ4n) is 1.60. The molecule has 0 aliphatic rings. The molecule has 0 amide bonds. The minimum absolute atomic E-state index is 0.0589. The van der Waals surface area contributed by atoms with E-state index in [1.54, 1.807) is 0 Å². The summed E-state index contributed by atoms with van der Waals surface area (Å²) in [4.78, 5) is 0. The predicted octanol–water partition coefficient (Wildman–Crippen LogP) is 2.22. The first-order chi connectivity index (χ1) is 6.72. The molecule has 0 aliphatic heterocycles. The van der Waals surface area contributed by atoms with Crippen LogP contribution in [0.5, 0.6) is 0 Å².